The van der Waals surface area contributed by atoms with Gasteiger partial charge in [-0.05, 0) is 24.8 Å². The van der Waals surface area contributed by atoms with E-state index in [4.69, 9.17) is 5.26 Å². The number of benzene rings is 1. The van der Waals surface area contributed by atoms with E-state index in [1.165, 1.54) is 12.1 Å². The van der Waals surface area contributed by atoms with Crippen LogP contribution >= 0.6 is 0 Å². The molecule has 0 amide bonds. The molecule has 0 N–H and O–H groups in total. The van der Waals surface area contributed by atoms with Gasteiger partial charge in [-0.1, -0.05) is 12.1 Å². The molecule has 1 aliphatic rings. The largest absolute Gasteiger partial charge is 0.204 e. The number of nitrogens with zero attached hydrogens (tertiary/aromatic N) is 1. The lowest BCUT2D eigenvalue weighted by molar-refractivity contribution is 0.491. The lowest BCUT2D eigenvalue weighted by Gasteiger charge is -2.08. The van der Waals surface area contributed by atoms with E-state index in [9.17, 15) is 8.78 Å². The lowest BCUT2D eigenvalue weighted by atomic mass is 9.95. The first-order chi connectivity index (χ1) is 6.74. The number of halogens is 2. The van der Waals surface area contributed by atoms with Gasteiger partial charge in [-0.25, -0.2) is 8.78 Å². The van der Waals surface area contributed by atoms with Gasteiger partial charge in [0.2, 0.25) is 0 Å². The molecule has 2 rings (SSSR count). The predicted octanol–water partition coefficient (Wildman–Crippen LogP) is 2.98. The topological polar surface area (TPSA) is 23.8 Å². The first kappa shape index (κ1) is 9.14. The van der Waals surface area contributed by atoms with Crippen LogP contribution in [0.4, 0.5) is 8.78 Å². The fourth-order valence-electron chi connectivity index (χ4n) is 1.62. The van der Waals surface area contributed by atoms with E-state index in [1.54, 1.807) is 0 Å². The van der Waals surface area contributed by atoms with Crippen LogP contribution in [0.5, 0.6) is 0 Å². The molecule has 1 fully saturated rings. The van der Waals surface area contributed by atoms with Gasteiger partial charge in [0.05, 0.1) is 12.0 Å². The van der Waals surface area contributed by atoms with E-state index in [2.05, 4.69) is 0 Å². The summed E-state index contributed by atoms with van der Waals surface area (Å²) in [4.78, 5) is 0. The smallest absolute Gasteiger partial charge is 0.163 e. The molecule has 0 aromatic heterocycles. The van der Waals surface area contributed by atoms with E-state index in [-0.39, 0.29) is 11.5 Å². The summed E-state index contributed by atoms with van der Waals surface area (Å²) in [5, 5.41) is 8.87. The molecule has 1 atom stereocenters. The van der Waals surface area contributed by atoms with E-state index >= 15 is 0 Å². The minimum atomic E-state index is -0.872. The average molecular weight is 193 g/mol. The molecule has 0 saturated heterocycles. The summed E-state index contributed by atoms with van der Waals surface area (Å²) < 4.78 is 26.2. The third-order valence-corrected chi connectivity index (χ3v) is 2.55. The van der Waals surface area contributed by atoms with E-state index in [0.29, 0.717) is 0 Å². The van der Waals surface area contributed by atoms with Gasteiger partial charge in [-0.15, -0.1) is 0 Å². The van der Waals surface area contributed by atoms with Crippen molar-refractivity contribution < 1.29 is 8.78 Å². The Morgan fingerprint density at radius 1 is 1.36 bits per heavy atom. The van der Waals surface area contributed by atoms with Gasteiger partial charge in [-0.3, -0.25) is 0 Å². The lowest BCUT2D eigenvalue weighted by Crippen LogP contribution is -2.02. The molecule has 14 heavy (non-hydrogen) atoms. The molecule has 0 aliphatic heterocycles. The molecule has 1 aliphatic carbocycles. The van der Waals surface area contributed by atoms with Crippen LogP contribution in [0.15, 0.2) is 18.2 Å². The third kappa shape index (κ3) is 1.48. The van der Waals surface area contributed by atoms with Crippen LogP contribution in [-0.4, -0.2) is 0 Å². The van der Waals surface area contributed by atoms with Crippen molar-refractivity contribution >= 4 is 0 Å². The summed E-state index contributed by atoms with van der Waals surface area (Å²) in [5.74, 6) is -2.00. The predicted molar refractivity (Wildman–Crippen MR) is 47.4 cm³/mol. The van der Waals surface area contributed by atoms with Crippen LogP contribution in [0, 0.1) is 28.9 Å². The SMILES string of the molecule is N#CC(c1cccc(F)c1F)C1CC1. The van der Waals surface area contributed by atoms with Gasteiger partial charge in [0, 0.05) is 5.56 Å². The van der Waals surface area contributed by atoms with E-state index < -0.39 is 17.6 Å². The Balaban J connectivity index is 2.39. The first-order valence-electron chi connectivity index (χ1n) is 4.57. The highest BCUT2D eigenvalue weighted by atomic mass is 19.2. The van der Waals surface area contributed by atoms with Crippen molar-refractivity contribution in [3.63, 3.8) is 0 Å². The van der Waals surface area contributed by atoms with Crippen LogP contribution in [0.3, 0.4) is 0 Å². The molecular weight excluding hydrogens is 184 g/mol. The molecule has 1 unspecified atom stereocenters. The molecule has 1 saturated carbocycles. The minimum absolute atomic E-state index is 0.204. The quantitative estimate of drug-likeness (QED) is 0.708. The molecule has 3 heteroatoms. The van der Waals surface area contributed by atoms with Crippen molar-refractivity contribution in [1.82, 2.24) is 0 Å². The number of nitriles is 1. The summed E-state index contributed by atoms with van der Waals surface area (Å²) in [6.07, 6.45) is 1.88. The second-order valence-electron chi connectivity index (χ2n) is 3.59. The van der Waals surface area contributed by atoms with Gasteiger partial charge in [0.15, 0.2) is 11.6 Å². The van der Waals surface area contributed by atoms with E-state index in [0.717, 1.165) is 18.9 Å². The fraction of sp³-hybridized carbons (Fsp3) is 0.364. The molecule has 72 valence electrons. The Morgan fingerprint density at radius 2 is 2.07 bits per heavy atom. The van der Waals surface area contributed by atoms with Crippen LogP contribution < -0.4 is 0 Å². The Hall–Kier alpha value is -1.43. The van der Waals surface area contributed by atoms with Crippen molar-refractivity contribution in [3.05, 3.63) is 35.4 Å². The highest BCUT2D eigenvalue weighted by molar-refractivity contribution is 5.29. The molecule has 0 heterocycles. The standard InChI is InChI=1S/C11H9F2N/c12-10-3-1-2-8(11(10)13)9(6-14)7-4-5-7/h1-3,7,9H,4-5H2. The summed E-state index contributed by atoms with van der Waals surface area (Å²) >= 11 is 0. The highest BCUT2D eigenvalue weighted by Crippen LogP contribution is 2.42. The maximum Gasteiger partial charge on any atom is 0.163 e. The third-order valence-electron chi connectivity index (χ3n) is 2.55. The number of rotatable bonds is 2. The zero-order valence-corrected chi connectivity index (χ0v) is 7.50. The molecule has 0 spiro atoms. The summed E-state index contributed by atoms with van der Waals surface area (Å²) in [6.45, 7) is 0. The Labute approximate surface area is 81.0 Å². The van der Waals surface area contributed by atoms with Crippen molar-refractivity contribution in [2.75, 3.05) is 0 Å². The monoisotopic (exact) mass is 193 g/mol. The Kier molecular flexibility index (Phi) is 2.20. The maximum absolute atomic E-state index is 13.3. The van der Waals surface area contributed by atoms with Gasteiger partial charge < -0.3 is 0 Å². The second-order valence-corrected chi connectivity index (χ2v) is 3.59. The van der Waals surface area contributed by atoms with Gasteiger partial charge >= 0.3 is 0 Å². The van der Waals surface area contributed by atoms with Crippen LogP contribution in [0.25, 0.3) is 0 Å². The van der Waals surface area contributed by atoms with E-state index in [1.807, 2.05) is 6.07 Å². The molecule has 1 aromatic carbocycles. The molecule has 1 aromatic rings. The fourth-order valence-corrected chi connectivity index (χ4v) is 1.62. The van der Waals surface area contributed by atoms with Crippen LogP contribution in [0.2, 0.25) is 0 Å². The van der Waals surface area contributed by atoms with Crippen LogP contribution in [-0.2, 0) is 0 Å². The minimum Gasteiger partial charge on any atom is -0.204 e. The van der Waals surface area contributed by atoms with Crippen LogP contribution in [0.1, 0.15) is 24.3 Å². The molecule has 0 radical (unpaired) electrons. The average Bonchev–Trinajstić information content (AvgIpc) is 2.97. The molecular formula is C11H9F2N. The maximum atomic E-state index is 13.3. The normalized spacial score (nSPS) is 17.5. The zero-order chi connectivity index (χ0) is 10.1. The van der Waals surface area contributed by atoms with Gasteiger partial charge in [0.25, 0.3) is 0 Å². The Bertz CT molecular complexity index is 391. The van der Waals surface area contributed by atoms with Crippen molar-refractivity contribution in [3.8, 4) is 6.07 Å². The number of hydrogen-bond acceptors (Lipinski definition) is 1. The van der Waals surface area contributed by atoms with Gasteiger partial charge in [-0.2, -0.15) is 5.26 Å². The van der Waals surface area contributed by atoms with Crippen molar-refractivity contribution in [2.45, 2.75) is 18.8 Å². The first-order valence-corrected chi connectivity index (χ1v) is 4.57. The Morgan fingerprint density at radius 3 is 2.64 bits per heavy atom. The van der Waals surface area contributed by atoms with Crippen molar-refractivity contribution in [2.24, 2.45) is 5.92 Å². The number of hydrogen-bond donors (Lipinski definition) is 0. The zero-order valence-electron chi connectivity index (χ0n) is 7.50. The molecule has 0 bridgehead atoms. The van der Waals surface area contributed by atoms with Gasteiger partial charge in [0.1, 0.15) is 0 Å². The summed E-state index contributed by atoms with van der Waals surface area (Å²) in [6, 6.07) is 6.05. The summed E-state index contributed by atoms with van der Waals surface area (Å²) in [7, 11) is 0. The summed E-state index contributed by atoms with van der Waals surface area (Å²) in [5.41, 5.74) is 0.204. The second kappa shape index (κ2) is 3.38. The van der Waals surface area contributed by atoms with Crippen molar-refractivity contribution in [1.29, 1.82) is 5.26 Å². The molecule has 1 nitrogen and oxygen atoms in total. The highest BCUT2D eigenvalue weighted by Gasteiger charge is 2.34.